The molecule has 1 unspecified atom stereocenters. The third-order valence-corrected chi connectivity index (χ3v) is 3.88. The summed E-state index contributed by atoms with van der Waals surface area (Å²) in [6.07, 6.45) is 0.208. The van der Waals surface area contributed by atoms with Crippen LogP contribution < -0.4 is 5.32 Å². The molecule has 1 fully saturated rings. The second-order valence-electron chi connectivity index (χ2n) is 5.15. The van der Waals surface area contributed by atoms with Gasteiger partial charge in [-0.25, -0.2) is 9.18 Å². The first-order valence-corrected chi connectivity index (χ1v) is 6.59. The summed E-state index contributed by atoms with van der Waals surface area (Å²) in [5, 5.41) is 11.3. The first-order valence-electron chi connectivity index (χ1n) is 6.59. The molecule has 0 bridgehead atoms. The second kappa shape index (κ2) is 4.90. The van der Waals surface area contributed by atoms with E-state index in [1.54, 1.807) is 0 Å². The highest BCUT2D eigenvalue weighted by atomic mass is 19.1. The Bertz CT molecular complexity index is 730. The minimum absolute atomic E-state index is 0.0576. The van der Waals surface area contributed by atoms with Gasteiger partial charge in [0, 0.05) is 18.5 Å². The van der Waals surface area contributed by atoms with Crippen molar-refractivity contribution in [1.29, 1.82) is 0 Å². The largest absolute Gasteiger partial charge is 0.478 e. The Kier molecular flexibility index (Phi) is 3.16. The van der Waals surface area contributed by atoms with E-state index in [0.29, 0.717) is 0 Å². The van der Waals surface area contributed by atoms with Gasteiger partial charge in [-0.2, -0.15) is 0 Å². The molecule has 2 aliphatic rings. The lowest BCUT2D eigenvalue weighted by molar-refractivity contribution is -0.136. The number of fused-ring (bicyclic) bond motifs is 1. The van der Waals surface area contributed by atoms with Crippen LogP contribution in [0.25, 0.3) is 0 Å². The van der Waals surface area contributed by atoms with Crippen molar-refractivity contribution in [2.24, 2.45) is 0 Å². The van der Waals surface area contributed by atoms with Gasteiger partial charge in [0.1, 0.15) is 11.9 Å². The molecule has 3 amide bonds. The number of piperidine rings is 1. The Balaban J connectivity index is 1.99. The highest BCUT2D eigenvalue weighted by molar-refractivity contribution is 6.07. The van der Waals surface area contributed by atoms with E-state index >= 15 is 0 Å². The number of aromatic carboxylic acids is 1. The SMILES string of the molecule is O=C1CCC(N2Cc3c(C(=O)O)ccc(F)c3C2=O)C(=O)N1. The van der Waals surface area contributed by atoms with Crippen LogP contribution in [0.2, 0.25) is 0 Å². The summed E-state index contributed by atoms with van der Waals surface area (Å²) in [6, 6.07) is 1.12. The van der Waals surface area contributed by atoms with Crippen molar-refractivity contribution in [3.05, 3.63) is 34.6 Å². The fraction of sp³-hybridized carbons (Fsp3) is 0.286. The number of carbonyl (C=O) groups is 4. The molecule has 1 saturated heterocycles. The number of carboxylic acid groups (broad SMARTS) is 1. The van der Waals surface area contributed by atoms with Gasteiger partial charge < -0.3 is 10.0 Å². The van der Waals surface area contributed by atoms with Crippen molar-refractivity contribution in [2.45, 2.75) is 25.4 Å². The Hall–Kier alpha value is -2.77. The van der Waals surface area contributed by atoms with Crippen LogP contribution in [-0.2, 0) is 16.1 Å². The maximum Gasteiger partial charge on any atom is 0.336 e. The Labute approximate surface area is 123 Å². The molecule has 0 aliphatic carbocycles. The van der Waals surface area contributed by atoms with Gasteiger partial charge in [-0.15, -0.1) is 0 Å². The summed E-state index contributed by atoms with van der Waals surface area (Å²) in [7, 11) is 0. The van der Waals surface area contributed by atoms with Crippen LogP contribution in [0.1, 0.15) is 39.1 Å². The van der Waals surface area contributed by atoms with E-state index in [0.717, 1.165) is 17.0 Å². The normalized spacial score (nSPS) is 20.9. The van der Waals surface area contributed by atoms with Gasteiger partial charge in [0.25, 0.3) is 5.91 Å². The molecule has 0 radical (unpaired) electrons. The van der Waals surface area contributed by atoms with Crippen molar-refractivity contribution in [3.63, 3.8) is 0 Å². The zero-order valence-corrected chi connectivity index (χ0v) is 11.3. The van der Waals surface area contributed by atoms with Gasteiger partial charge in [0.05, 0.1) is 11.1 Å². The summed E-state index contributed by atoms with van der Waals surface area (Å²) in [5.41, 5.74) is -0.425. The average Bonchev–Trinajstić information content (AvgIpc) is 2.77. The number of halogens is 1. The smallest absolute Gasteiger partial charge is 0.336 e. The highest BCUT2D eigenvalue weighted by Crippen LogP contribution is 2.31. The van der Waals surface area contributed by atoms with Gasteiger partial charge in [-0.05, 0) is 18.6 Å². The molecule has 0 spiro atoms. The quantitative estimate of drug-likeness (QED) is 0.764. The number of carbonyl (C=O) groups excluding carboxylic acids is 3. The van der Waals surface area contributed by atoms with E-state index in [-0.39, 0.29) is 36.1 Å². The van der Waals surface area contributed by atoms with Gasteiger partial charge in [-0.3, -0.25) is 19.7 Å². The number of hydrogen-bond acceptors (Lipinski definition) is 4. The summed E-state index contributed by atoms with van der Waals surface area (Å²) in [6.45, 7) is -0.167. The van der Waals surface area contributed by atoms with Crippen LogP contribution in [0.3, 0.4) is 0 Å². The Morgan fingerprint density at radius 1 is 1.32 bits per heavy atom. The minimum Gasteiger partial charge on any atom is -0.478 e. The molecule has 1 aromatic carbocycles. The fourth-order valence-corrected chi connectivity index (χ4v) is 2.83. The molecule has 0 saturated carbocycles. The zero-order chi connectivity index (χ0) is 16.0. The van der Waals surface area contributed by atoms with Crippen molar-refractivity contribution in [1.82, 2.24) is 10.2 Å². The number of nitrogens with zero attached hydrogens (tertiary/aromatic N) is 1. The van der Waals surface area contributed by atoms with Crippen LogP contribution in [0.5, 0.6) is 0 Å². The van der Waals surface area contributed by atoms with Crippen LogP contribution in [0, 0.1) is 5.82 Å². The van der Waals surface area contributed by atoms with Crippen molar-refractivity contribution < 1.29 is 28.7 Å². The van der Waals surface area contributed by atoms with E-state index < -0.39 is 35.5 Å². The first-order chi connectivity index (χ1) is 10.4. The number of nitrogens with one attached hydrogen (secondary N) is 1. The molecule has 1 aromatic rings. The summed E-state index contributed by atoms with van der Waals surface area (Å²) in [5.74, 6) is -3.88. The number of rotatable bonds is 2. The van der Waals surface area contributed by atoms with Gasteiger partial charge in [0.2, 0.25) is 11.8 Å². The van der Waals surface area contributed by atoms with Gasteiger partial charge in [-0.1, -0.05) is 0 Å². The number of amides is 3. The molecule has 1 atom stereocenters. The molecular formula is C14H11FN2O5. The van der Waals surface area contributed by atoms with E-state index in [1.807, 2.05) is 0 Å². The van der Waals surface area contributed by atoms with Crippen molar-refractivity contribution >= 4 is 23.7 Å². The molecule has 2 heterocycles. The minimum atomic E-state index is -1.27. The summed E-state index contributed by atoms with van der Waals surface area (Å²) >= 11 is 0. The molecule has 0 aromatic heterocycles. The fourth-order valence-electron chi connectivity index (χ4n) is 2.83. The molecule has 3 rings (SSSR count). The molecule has 8 heteroatoms. The molecule has 114 valence electrons. The number of benzene rings is 1. The molecule has 2 aliphatic heterocycles. The van der Waals surface area contributed by atoms with Gasteiger partial charge in [0.15, 0.2) is 0 Å². The van der Waals surface area contributed by atoms with Crippen LogP contribution in [0.4, 0.5) is 4.39 Å². The van der Waals surface area contributed by atoms with E-state index in [1.165, 1.54) is 0 Å². The third kappa shape index (κ3) is 2.03. The lowest BCUT2D eigenvalue weighted by Crippen LogP contribution is -2.52. The number of imide groups is 1. The molecule has 7 nitrogen and oxygen atoms in total. The van der Waals surface area contributed by atoms with Crippen LogP contribution in [0.15, 0.2) is 12.1 Å². The lowest BCUT2D eigenvalue weighted by Gasteiger charge is -2.29. The molecule has 2 N–H and O–H groups in total. The zero-order valence-electron chi connectivity index (χ0n) is 11.3. The monoisotopic (exact) mass is 306 g/mol. The summed E-state index contributed by atoms with van der Waals surface area (Å²) < 4.78 is 13.9. The Morgan fingerprint density at radius 2 is 2.05 bits per heavy atom. The van der Waals surface area contributed by atoms with E-state index in [4.69, 9.17) is 5.11 Å². The Morgan fingerprint density at radius 3 is 2.68 bits per heavy atom. The second-order valence-corrected chi connectivity index (χ2v) is 5.15. The topological polar surface area (TPSA) is 104 Å². The maximum atomic E-state index is 13.9. The first kappa shape index (κ1) is 14.2. The number of carboxylic acids is 1. The molecule has 22 heavy (non-hydrogen) atoms. The summed E-state index contributed by atoms with van der Waals surface area (Å²) in [4.78, 5) is 47.7. The predicted molar refractivity (Wildman–Crippen MR) is 69.4 cm³/mol. The van der Waals surface area contributed by atoms with Crippen LogP contribution in [-0.4, -0.2) is 39.7 Å². The maximum absolute atomic E-state index is 13.9. The van der Waals surface area contributed by atoms with E-state index in [9.17, 15) is 23.6 Å². The van der Waals surface area contributed by atoms with Gasteiger partial charge >= 0.3 is 5.97 Å². The number of hydrogen-bond donors (Lipinski definition) is 2. The standard InChI is InChI=1S/C14H11FN2O5/c15-8-2-1-6(14(21)22)7-5-17(13(20)11(7)8)9-3-4-10(18)16-12(9)19/h1-2,9H,3-5H2,(H,21,22)(H,16,18,19). The highest BCUT2D eigenvalue weighted by Gasteiger charge is 2.41. The predicted octanol–water partition coefficient (Wildman–Crippen LogP) is 0.285. The van der Waals surface area contributed by atoms with Crippen molar-refractivity contribution in [3.8, 4) is 0 Å². The van der Waals surface area contributed by atoms with Crippen LogP contribution >= 0.6 is 0 Å². The molecular weight excluding hydrogens is 295 g/mol. The van der Waals surface area contributed by atoms with Crippen molar-refractivity contribution in [2.75, 3.05) is 0 Å². The average molecular weight is 306 g/mol. The third-order valence-electron chi connectivity index (χ3n) is 3.88. The lowest BCUT2D eigenvalue weighted by atomic mass is 10.0. The van der Waals surface area contributed by atoms with E-state index in [2.05, 4.69) is 5.32 Å².